The molecule has 0 spiro atoms. The average molecular weight is 177 g/mol. The SMILES string of the molecule is NC(=O)N1CC(c2cccnc2)C1. The van der Waals surface area contributed by atoms with Gasteiger partial charge in [-0.15, -0.1) is 0 Å². The van der Waals surface area contributed by atoms with Crippen LogP contribution in [0.1, 0.15) is 11.5 Å². The van der Waals surface area contributed by atoms with Crippen LogP contribution in [0.2, 0.25) is 0 Å². The lowest BCUT2D eigenvalue weighted by molar-refractivity contribution is 0.160. The minimum Gasteiger partial charge on any atom is -0.351 e. The zero-order chi connectivity index (χ0) is 9.26. The van der Waals surface area contributed by atoms with E-state index in [-0.39, 0.29) is 6.03 Å². The molecule has 1 fully saturated rings. The highest BCUT2D eigenvalue weighted by Gasteiger charge is 2.30. The molecule has 2 amide bonds. The summed E-state index contributed by atoms with van der Waals surface area (Å²) in [6.45, 7) is 1.45. The highest BCUT2D eigenvalue weighted by molar-refractivity contribution is 5.73. The molecule has 0 radical (unpaired) electrons. The van der Waals surface area contributed by atoms with Gasteiger partial charge in [-0.2, -0.15) is 0 Å². The van der Waals surface area contributed by atoms with E-state index in [0.29, 0.717) is 5.92 Å². The van der Waals surface area contributed by atoms with Gasteiger partial charge in [0.05, 0.1) is 0 Å². The predicted molar refractivity (Wildman–Crippen MR) is 48.1 cm³/mol. The van der Waals surface area contributed by atoms with Crippen LogP contribution in [0.4, 0.5) is 4.79 Å². The summed E-state index contributed by atoms with van der Waals surface area (Å²) in [5, 5.41) is 0. The summed E-state index contributed by atoms with van der Waals surface area (Å²) < 4.78 is 0. The molecule has 4 heteroatoms. The van der Waals surface area contributed by atoms with Crippen molar-refractivity contribution in [1.29, 1.82) is 0 Å². The van der Waals surface area contributed by atoms with Crippen molar-refractivity contribution >= 4 is 6.03 Å². The molecule has 2 heterocycles. The van der Waals surface area contributed by atoms with Gasteiger partial charge in [0.2, 0.25) is 0 Å². The minimum atomic E-state index is -0.333. The quantitative estimate of drug-likeness (QED) is 0.681. The number of hydrogen-bond acceptors (Lipinski definition) is 2. The Morgan fingerprint density at radius 2 is 2.38 bits per heavy atom. The van der Waals surface area contributed by atoms with Gasteiger partial charge in [0.1, 0.15) is 0 Å². The number of likely N-dealkylation sites (tertiary alicyclic amines) is 1. The third-order valence-electron chi connectivity index (χ3n) is 2.35. The van der Waals surface area contributed by atoms with Gasteiger partial charge >= 0.3 is 6.03 Å². The van der Waals surface area contributed by atoms with E-state index in [2.05, 4.69) is 4.98 Å². The van der Waals surface area contributed by atoms with E-state index in [1.807, 2.05) is 18.3 Å². The second kappa shape index (κ2) is 3.05. The number of nitrogens with zero attached hydrogens (tertiary/aromatic N) is 2. The van der Waals surface area contributed by atoms with Crippen LogP contribution in [0.25, 0.3) is 0 Å². The summed E-state index contributed by atoms with van der Waals surface area (Å²) in [4.78, 5) is 16.3. The maximum Gasteiger partial charge on any atom is 0.314 e. The van der Waals surface area contributed by atoms with Crippen molar-refractivity contribution in [3.8, 4) is 0 Å². The first-order valence-corrected chi connectivity index (χ1v) is 4.21. The molecule has 0 unspecified atom stereocenters. The zero-order valence-corrected chi connectivity index (χ0v) is 7.18. The van der Waals surface area contributed by atoms with Gasteiger partial charge in [-0.05, 0) is 11.6 Å². The lowest BCUT2D eigenvalue weighted by Gasteiger charge is -2.38. The Labute approximate surface area is 76.4 Å². The molecular weight excluding hydrogens is 166 g/mol. The van der Waals surface area contributed by atoms with Gasteiger partial charge in [0.25, 0.3) is 0 Å². The summed E-state index contributed by atoms with van der Waals surface area (Å²) in [7, 11) is 0. The summed E-state index contributed by atoms with van der Waals surface area (Å²) in [5.74, 6) is 0.418. The van der Waals surface area contributed by atoms with Gasteiger partial charge in [-0.25, -0.2) is 4.79 Å². The largest absolute Gasteiger partial charge is 0.351 e. The smallest absolute Gasteiger partial charge is 0.314 e. The Hall–Kier alpha value is -1.58. The molecule has 1 aliphatic heterocycles. The third-order valence-corrected chi connectivity index (χ3v) is 2.35. The molecule has 2 N–H and O–H groups in total. The Morgan fingerprint density at radius 3 is 2.92 bits per heavy atom. The standard InChI is InChI=1S/C9H11N3O/c10-9(13)12-5-8(6-12)7-2-1-3-11-4-7/h1-4,8H,5-6H2,(H2,10,13). The van der Waals surface area contributed by atoms with E-state index >= 15 is 0 Å². The maximum absolute atomic E-state index is 10.7. The topological polar surface area (TPSA) is 59.2 Å². The predicted octanol–water partition coefficient (Wildman–Crippen LogP) is 0.560. The number of nitrogens with two attached hydrogens (primary N) is 1. The molecule has 0 saturated carbocycles. The van der Waals surface area contributed by atoms with Crippen LogP contribution in [-0.2, 0) is 0 Å². The van der Waals surface area contributed by atoms with Gasteiger partial charge < -0.3 is 10.6 Å². The van der Waals surface area contributed by atoms with Crippen LogP contribution >= 0.6 is 0 Å². The van der Waals surface area contributed by atoms with Crippen LogP contribution in [-0.4, -0.2) is 29.0 Å². The number of rotatable bonds is 1. The number of urea groups is 1. The molecular formula is C9H11N3O. The zero-order valence-electron chi connectivity index (χ0n) is 7.18. The number of pyridine rings is 1. The average Bonchev–Trinajstić information content (AvgIpc) is 2.02. The van der Waals surface area contributed by atoms with E-state index < -0.39 is 0 Å². The monoisotopic (exact) mass is 177 g/mol. The minimum absolute atomic E-state index is 0.333. The normalized spacial score (nSPS) is 16.8. The Bertz CT molecular complexity index is 306. The first-order chi connectivity index (χ1) is 6.27. The molecule has 0 atom stereocenters. The first-order valence-electron chi connectivity index (χ1n) is 4.21. The Morgan fingerprint density at radius 1 is 1.62 bits per heavy atom. The molecule has 68 valence electrons. The van der Waals surface area contributed by atoms with Crippen molar-refractivity contribution < 1.29 is 4.79 Å². The second-order valence-electron chi connectivity index (χ2n) is 3.23. The molecule has 1 aromatic heterocycles. The molecule has 2 rings (SSSR count). The van der Waals surface area contributed by atoms with Crippen LogP contribution in [0.15, 0.2) is 24.5 Å². The summed E-state index contributed by atoms with van der Waals surface area (Å²) in [6.07, 6.45) is 3.58. The van der Waals surface area contributed by atoms with E-state index in [9.17, 15) is 4.79 Å². The fourth-order valence-corrected chi connectivity index (χ4v) is 1.49. The Kier molecular flexibility index (Phi) is 1.88. The van der Waals surface area contributed by atoms with Gasteiger partial charge in [-0.1, -0.05) is 6.07 Å². The fourth-order valence-electron chi connectivity index (χ4n) is 1.49. The number of hydrogen-bond donors (Lipinski definition) is 1. The van der Waals surface area contributed by atoms with Crippen molar-refractivity contribution in [1.82, 2.24) is 9.88 Å². The number of carbonyl (C=O) groups is 1. The van der Waals surface area contributed by atoms with Crippen molar-refractivity contribution in [2.45, 2.75) is 5.92 Å². The number of carbonyl (C=O) groups excluding carboxylic acids is 1. The number of amides is 2. The van der Waals surface area contributed by atoms with Crippen LogP contribution in [0.3, 0.4) is 0 Å². The highest BCUT2D eigenvalue weighted by Crippen LogP contribution is 2.25. The Balaban J connectivity index is 1.98. The number of primary amides is 1. The maximum atomic E-state index is 10.7. The van der Waals surface area contributed by atoms with Crippen molar-refractivity contribution in [2.24, 2.45) is 5.73 Å². The van der Waals surface area contributed by atoms with E-state index in [1.54, 1.807) is 11.1 Å². The van der Waals surface area contributed by atoms with Gasteiger partial charge in [-0.3, -0.25) is 4.98 Å². The first kappa shape index (κ1) is 8.04. The summed E-state index contributed by atoms with van der Waals surface area (Å²) >= 11 is 0. The summed E-state index contributed by atoms with van der Waals surface area (Å²) in [5.41, 5.74) is 6.29. The lowest BCUT2D eigenvalue weighted by atomic mass is 9.93. The molecule has 1 aliphatic rings. The van der Waals surface area contributed by atoms with Gasteiger partial charge in [0, 0.05) is 31.4 Å². The molecule has 0 aliphatic carbocycles. The van der Waals surface area contributed by atoms with Crippen LogP contribution in [0.5, 0.6) is 0 Å². The fraction of sp³-hybridized carbons (Fsp3) is 0.333. The lowest BCUT2D eigenvalue weighted by Crippen LogP contribution is -2.50. The molecule has 4 nitrogen and oxygen atoms in total. The molecule has 1 saturated heterocycles. The van der Waals surface area contributed by atoms with Crippen molar-refractivity contribution in [3.05, 3.63) is 30.1 Å². The van der Waals surface area contributed by atoms with Crippen LogP contribution < -0.4 is 5.73 Å². The third kappa shape index (κ3) is 1.47. The van der Waals surface area contributed by atoms with Crippen molar-refractivity contribution in [2.75, 3.05) is 13.1 Å². The number of aromatic nitrogens is 1. The van der Waals surface area contributed by atoms with Crippen molar-refractivity contribution in [3.63, 3.8) is 0 Å². The van der Waals surface area contributed by atoms with Crippen LogP contribution in [0, 0.1) is 0 Å². The molecule has 13 heavy (non-hydrogen) atoms. The van der Waals surface area contributed by atoms with Gasteiger partial charge in [0.15, 0.2) is 0 Å². The molecule has 1 aromatic rings. The molecule has 0 bridgehead atoms. The molecule has 0 aromatic carbocycles. The van der Waals surface area contributed by atoms with E-state index in [0.717, 1.165) is 13.1 Å². The van der Waals surface area contributed by atoms with E-state index in [1.165, 1.54) is 5.56 Å². The summed E-state index contributed by atoms with van der Waals surface area (Å²) in [6, 6.07) is 3.60. The highest BCUT2D eigenvalue weighted by atomic mass is 16.2. The second-order valence-corrected chi connectivity index (χ2v) is 3.23. The van der Waals surface area contributed by atoms with E-state index in [4.69, 9.17) is 5.73 Å².